The topological polar surface area (TPSA) is 38.9 Å². The maximum Gasteiger partial charge on any atom is 0.180 e. The molecule has 1 aliphatic carbocycles. The molecule has 0 aliphatic heterocycles. The van der Waals surface area contributed by atoms with Crippen LogP contribution in [0, 0.1) is 0 Å². The van der Waals surface area contributed by atoms with Crippen molar-refractivity contribution in [3.05, 3.63) is 35.5 Å². The Balaban J connectivity index is 2.16. The van der Waals surface area contributed by atoms with Gasteiger partial charge in [-0.05, 0) is 46.4 Å². The van der Waals surface area contributed by atoms with E-state index >= 15 is 0 Å². The summed E-state index contributed by atoms with van der Waals surface area (Å²) in [6, 6.07) is 6.87. The van der Waals surface area contributed by atoms with Crippen LogP contribution in [-0.2, 0) is 10.8 Å². The van der Waals surface area contributed by atoms with Gasteiger partial charge in [0.1, 0.15) is 0 Å². The van der Waals surface area contributed by atoms with Gasteiger partial charge in [-0.15, -0.1) is 0 Å². The molecule has 0 atom stereocenters. The lowest BCUT2D eigenvalue weighted by Gasteiger charge is -2.42. The van der Waals surface area contributed by atoms with Crippen LogP contribution in [0.4, 0.5) is 5.13 Å². The van der Waals surface area contributed by atoms with Gasteiger partial charge in [-0.3, -0.25) is 0 Å². The summed E-state index contributed by atoms with van der Waals surface area (Å²) < 4.78 is 0. The van der Waals surface area contributed by atoms with Gasteiger partial charge < -0.3 is 5.73 Å². The maximum atomic E-state index is 5.76. The number of fused-ring (bicyclic) bond motifs is 1. The minimum Gasteiger partial charge on any atom is -0.375 e. The molecule has 0 bridgehead atoms. The highest BCUT2D eigenvalue weighted by Crippen LogP contribution is 2.47. The summed E-state index contributed by atoms with van der Waals surface area (Å²) >= 11 is 1.56. The number of rotatable bonds is 1. The second-order valence-corrected chi connectivity index (χ2v) is 8.15. The summed E-state index contributed by atoms with van der Waals surface area (Å²) in [6.45, 7) is 9.41. The van der Waals surface area contributed by atoms with Gasteiger partial charge in [0, 0.05) is 6.20 Å². The van der Waals surface area contributed by atoms with Gasteiger partial charge >= 0.3 is 0 Å². The Bertz CT molecular complexity index is 653. The third-order valence-electron chi connectivity index (χ3n) is 4.66. The molecule has 0 unspecified atom stereocenters. The van der Waals surface area contributed by atoms with Crippen LogP contribution < -0.4 is 5.73 Å². The highest BCUT2D eigenvalue weighted by Gasteiger charge is 2.36. The summed E-state index contributed by atoms with van der Waals surface area (Å²) in [7, 11) is 0. The van der Waals surface area contributed by atoms with Crippen molar-refractivity contribution in [3.63, 3.8) is 0 Å². The third-order valence-corrected chi connectivity index (χ3v) is 5.54. The Morgan fingerprint density at radius 3 is 2.30 bits per heavy atom. The van der Waals surface area contributed by atoms with Crippen molar-refractivity contribution in [2.24, 2.45) is 0 Å². The van der Waals surface area contributed by atoms with Crippen LogP contribution >= 0.6 is 11.3 Å². The summed E-state index contributed by atoms with van der Waals surface area (Å²) in [5.41, 5.74) is 10.5. The van der Waals surface area contributed by atoms with Crippen LogP contribution in [-0.4, -0.2) is 4.98 Å². The van der Waals surface area contributed by atoms with Crippen LogP contribution in [0.2, 0.25) is 0 Å². The molecule has 0 saturated carbocycles. The van der Waals surface area contributed by atoms with Crippen LogP contribution in [0.15, 0.2) is 24.4 Å². The Morgan fingerprint density at radius 1 is 1.05 bits per heavy atom. The number of anilines is 1. The SMILES string of the molecule is CC1(C)CCC(C)(C)c2cc(-c3cnc(N)s3)ccc21. The fraction of sp³-hybridized carbons (Fsp3) is 0.471. The van der Waals surface area contributed by atoms with E-state index in [0.29, 0.717) is 5.13 Å². The van der Waals surface area contributed by atoms with E-state index in [-0.39, 0.29) is 10.8 Å². The smallest absolute Gasteiger partial charge is 0.180 e. The number of aromatic nitrogens is 1. The molecule has 2 N–H and O–H groups in total. The number of nitrogens with zero attached hydrogens (tertiary/aromatic N) is 1. The largest absolute Gasteiger partial charge is 0.375 e. The van der Waals surface area contributed by atoms with E-state index in [1.54, 1.807) is 11.3 Å². The number of nitrogen functional groups attached to an aromatic ring is 1. The molecule has 0 radical (unpaired) electrons. The van der Waals surface area contributed by atoms with Crippen LogP contribution in [0.25, 0.3) is 10.4 Å². The highest BCUT2D eigenvalue weighted by molar-refractivity contribution is 7.18. The number of hydrogen-bond acceptors (Lipinski definition) is 3. The molecule has 1 aromatic heterocycles. The number of benzene rings is 1. The molecular formula is C17H22N2S. The molecule has 1 heterocycles. The van der Waals surface area contributed by atoms with Gasteiger partial charge in [0.15, 0.2) is 5.13 Å². The Hall–Kier alpha value is -1.35. The van der Waals surface area contributed by atoms with E-state index in [0.717, 1.165) is 4.88 Å². The first-order chi connectivity index (χ1) is 9.29. The molecule has 2 nitrogen and oxygen atoms in total. The molecule has 106 valence electrons. The zero-order chi connectivity index (χ0) is 14.5. The second kappa shape index (κ2) is 4.32. The Kier molecular flexibility index (Phi) is 2.94. The molecule has 0 fully saturated rings. The van der Waals surface area contributed by atoms with Crippen molar-refractivity contribution < 1.29 is 0 Å². The Labute approximate surface area is 125 Å². The second-order valence-electron chi connectivity index (χ2n) is 7.09. The number of nitrogens with two attached hydrogens (primary N) is 1. The van der Waals surface area contributed by atoms with E-state index in [1.807, 2.05) is 6.20 Å². The minimum absolute atomic E-state index is 0.247. The first-order valence-corrected chi connectivity index (χ1v) is 7.98. The lowest BCUT2D eigenvalue weighted by molar-refractivity contribution is 0.332. The molecule has 1 aromatic carbocycles. The van der Waals surface area contributed by atoms with Gasteiger partial charge in [-0.2, -0.15) is 0 Å². The van der Waals surface area contributed by atoms with Crippen molar-refractivity contribution in [2.75, 3.05) is 5.73 Å². The Morgan fingerprint density at radius 2 is 1.70 bits per heavy atom. The van der Waals surface area contributed by atoms with E-state index in [1.165, 1.54) is 29.5 Å². The zero-order valence-corrected chi connectivity index (χ0v) is 13.5. The molecule has 3 rings (SSSR count). The third kappa shape index (κ3) is 2.14. The maximum absolute atomic E-state index is 5.76. The predicted molar refractivity (Wildman–Crippen MR) is 87.2 cm³/mol. The summed E-state index contributed by atoms with van der Waals surface area (Å²) in [5, 5.41) is 0.636. The van der Waals surface area contributed by atoms with E-state index < -0.39 is 0 Å². The average Bonchev–Trinajstić information content (AvgIpc) is 2.82. The van der Waals surface area contributed by atoms with Gasteiger partial charge in [0.2, 0.25) is 0 Å². The molecule has 2 aromatic rings. The van der Waals surface area contributed by atoms with Crippen molar-refractivity contribution in [2.45, 2.75) is 51.4 Å². The first kappa shape index (κ1) is 13.6. The minimum atomic E-state index is 0.247. The zero-order valence-electron chi connectivity index (χ0n) is 12.7. The molecule has 0 spiro atoms. The lowest BCUT2D eigenvalue weighted by atomic mass is 9.63. The monoisotopic (exact) mass is 286 g/mol. The lowest BCUT2D eigenvalue weighted by Crippen LogP contribution is -2.33. The molecule has 20 heavy (non-hydrogen) atoms. The molecule has 0 saturated heterocycles. The van der Waals surface area contributed by atoms with E-state index in [2.05, 4.69) is 50.9 Å². The van der Waals surface area contributed by atoms with Gasteiger partial charge in [0.25, 0.3) is 0 Å². The predicted octanol–water partition coefficient (Wildman–Crippen LogP) is 4.74. The van der Waals surface area contributed by atoms with Crippen molar-refractivity contribution in [1.29, 1.82) is 0 Å². The fourth-order valence-electron chi connectivity index (χ4n) is 3.16. The van der Waals surface area contributed by atoms with Gasteiger partial charge in [-0.25, -0.2) is 4.98 Å². The van der Waals surface area contributed by atoms with Crippen molar-refractivity contribution in [3.8, 4) is 10.4 Å². The quantitative estimate of drug-likeness (QED) is 0.822. The van der Waals surface area contributed by atoms with Crippen LogP contribution in [0.3, 0.4) is 0 Å². The fourth-order valence-corrected chi connectivity index (χ4v) is 3.84. The standard InChI is InChI=1S/C17H22N2S/c1-16(2)7-8-17(3,4)13-9-11(5-6-12(13)16)14-10-19-15(18)20-14/h5-6,9-10H,7-8H2,1-4H3,(H2,18,19). The van der Waals surface area contributed by atoms with Crippen LogP contribution in [0.1, 0.15) is 51.7 Å². The van der Waals surface area contributed by atoms with Crippen molar-refractivity contribution in [1.82, 2.24) is 4.98 Å². The summed E-state index contributed by atoms with van der Waals surface area (Å²) in [5.74, 6) is 0. The summed E-state index contributed by atoms with van der Waals surface area (Å²) in [6.07, 6.45) is 4.36. The average molecular weight is 286 g/mol. The molecule has 1 aliphatic rings. The molecule has 0 amide bonds. The van der Waals surface area contributed by atoms with E-state index in [9.17, 15) is 0 Å². The van der Waals surface area contributed by atoms with E-state index in [4.69, 9.17) is 5.73 Å². The normalized spacial score (nSPS) is 19.6. The number of thiazole rings is 1. The van der Waals surface area contributed by atoms with Crippen LogP contribution in [0.5, 0.6) is 0 Å². The number of hydrogen-bond donors (Lipinski definition) is 1. The highest BCUT2D eigenvalue weighted by atomic mass is 32.1. The van der Waals surface area contributed by atoms with Gasteiger partial charge in [0.05, 0.1) is 4.88 Å². The van der Waals surface area contributed by atoms with Crippen molar-refractivity contribution >= 4 is 16.5 Å². The summed E-state index contributed by atoms with van der Waals surface area (Å²) in [4.78, 5) is 5.32. The molecular weight excluding hydrogens is 264 g/mol. The van der Waals surface area contributed by atoms with Gasteiger partial charge in [-0.1, -0.05) is 51.2 Å². The molecule has 3 heteroatoms. The first-order valence-electron chi connectivity index (χ1n) is 7.16.